The molecule has 2 N–H and O–H groups in total. The van der Waals surface area contributed by atoms with E-state index in [1.165, 1.54) is 0 Å². The molecular weight excluding hydrogens is 361 g/mol. The van der Waals surface area contributed by atoms with E-state index < -0.39 is 47.2 Å². The summed E-state index contributed by atoms with van der Waals surface area (Å²) in [4.78, 5) is 37.0. The highest BCUT2D eigenvalue weighted by Crippen LogP contribution is 2.34. The molecule has 1 aliphatic heterocycles. The molecule has 2 amide bonds. The number of amides is 2. The summed E-state index contributed by atoms with van der Waals surface area (Å²) >= 11 is 0.739. The molecule has 138 valence electrons. The summed E-state index contributed by atoms with van der Waals surface area (Å²) in [6.07, 6.45) is -4.52. The monoisotopic (exact) mass is 378 g/mol. The Morgan fingerprint density at radius 2 is 2.00 bits per heavy atom. The summed E-state index contributed by atoms with van der Waals surface area (Å²) in [7, 11) is 0. The number of carbonyl (C=O) groups is 3. The second-order valence-electron chi connectivity index (χ2n) is 6.07. The molecule has 0 spiro atoms. The van der Waals surface area contributed by atoms with Gasteiger partial charge < -0.3 is 15.3 Å². The first-order valence-corrected chi connectivity index (χ1v) is 8.45. The quantitative estimate of drug-likeness (QED) is 0.823. The van der Waals surface area contributed by atoms with Crippen LogP contribution >= 0.6 is 11.3 Å². The predicted octanol–water partition coefficient (Wildman–Crippen LogP) is 2.21. The van der Waals surface area contributed by atoms with E-state index in [4.69, 9.17) is 0 Å². The molecule has 1 aromatic heterocycles. The highest BCUT2D eigenvalue weighted by molar-refractivity contribution is 7.08. The molecule has 0 radical (unpaired) electrons. The van der Waals surface area contributed by atoms with Crippen LogP contribution in [0.1, 0.15) is 36.2 Å². The topological polar surface area (TPSA) is 86.7 Å². The molecule has 2 unspecified atom stereocenters. The molecule has 0 aromatic carbocycles. The third-order valence-corrected chi connectivity index (χ3v) is 4.72. The van der Waals surface area contributed by atoms with E-state index in [0.29, 0.717) is 0 Å². The Balaban J connectivity index is 2.12. The fraction of sp³-hybridized carbons (Fsp3) is 0.533. The Morgan fingerprint density at radius 1 is 1.36 bits per heavy atom. The van der Waals surface area contributed by atoms with Gasteiger partial charge in [0.2, 0.25) is 5.91 Å². The number of likely N-dealkylation sites (tertiary alicyclic amines) is 1. The molecule has 2 heterocycles. The molecule has 1 fully saturated rings. The van der Waals surface area contributed by atoms with Crippen molar-refractivity contribution >= 4 is 29.1 Å². The number of hydrogen-bond donors (Lipinski definition) is 2. The lowest BCUT2D eigenvalue weighted by atomic mass is 10.0. The summed E-state index contributed by atoms with van der Waals surface area (Å²) < 4.78 is 38.6. The SMILES string of the molecule is CC(C)C(C(=O)O)N1CCC(NC(=O)c2cscc2C(F)(F)F)C1=O. The number of carboxylic acids is 1. The van der Waals surface area contributed by atoms with Crippen LogP contribution < -0.4 is 5.32 Å². The van der Waals surface area contributed by atoms with Gasteiger partial charge in [-0.15, -0.1) is 0 Å². The predicted molar refractivity (Wildman–Crippen MR) is 83.2 cm³/mol. The van der Waals surface area contributed by atoms with Crippen LogP contribution in [-0.4, -0.2) is 46.4 Å². The first-order chi connectivity index (χ1) is 11.5. The lowest BCUT2D eigenvalue weighted by Crippen LogP contribution is -2.49. The average Bonchev–Trinajstić information content (AvgIpc) is 3.08. The molecule has 0 saturated carbocycles. The van der Waals surface area contributed by atoms with E-state index in [2.05, 4.69) is 5.32 Å². The van der Waals surface area contributed by atoms with Gasteiger partial charge in [-0.3, -0.25) is 9.59 Å². The van der Waals surface area contributed by atoms with Gasteiger partial charge in [0.15, 0.2) is 0 Å². The number of carbonyl (C=O) groups excluding carboxylic acids is 2. The first kappa shape index (κ1) is 19.2. The Kier molecular flexibility index (Phi) is 5.40. The number of halogens is 3. The van der Waals surface area contributed by atoms with Crippen LogP contribution in [0.25, 0.3) is 0 Å². The molecule has 25 heavy (non-hydrogen) atoms. The van der Waals surface area contributed by atoms with Crippen LogP contribution in [0.3, 0.4) is 0 Å². The summed E-state index contributed by atoms with van der Waals surface area (Å²) in [5.41, 5.74) is -1.59. The molecule has 1 saturated heterocycles. The summed E-state index contributed by atoms with van der Waals surface area (Å²) in [6.45, 7) is 3.42. The zero-order chi connectivity index (χ0) is 18.9. The Bertz CT molecular complexity index is 687. The zero-order valence-corrected chi connectivity index (χ0v) is 14.3. The minimum absolute atomic E-state index is 0.120. The highest BCUT2D eigenvalue weighted by Gasteiger charge is 2.42. The van der Waals surface area contributed by atoms with Crippen LogP contribution in [0.2, 0.25) is 0 Å². The van der Waals surface area contributed by atoms with E-state index in [-0.39, 0.29) is 18.9 Å². The van der Waals surface area contributed by atoms with Crippen molar-refractivity contribution in [3.05, 3.63) is 21.9 Å². The third-order valence-electron chi connectivity index (χ3n) is 3.98. The first-order valence-electron chi connectivity index (χ1n) is 7.51. The zero-order valence-electron chi connectivity index (χ0n) is 13.5. The van der Waals surface area contributed by atoms with Crippen molar-refractivity contribution in [2.45, 2.75) is 38.5 Å². The van der Waals surface area contributed by atoms with Gasteiger partial charge >= 0.3 is 12.1 Å². The number of thiophene rings is 1. The molecule has 2 rings (SSSR count). The number of aliphatic carboxylic acids is 1. The van der Waals surface area contributed by atoms with E-state index in [9.17, 15) is 32.7 Å². The van der Waals surface area contributed by atoms with E-state index in [1.54, 1.807) is 13.8 Å². The second kappa shape index (κ2) is 7.03. The van der Waals surface area contributed by atoms with Crippen molar-refractivity contribution in [3.63, 3.8) is 0 Å². The standard InChI is InChI=1S/C15H17F3N2O4S/c1-7(2)11(14(23)24)20-4-3-10(13(20)22)19-12(21)8-5-25-6-9(8)15(16,17)18/h5-7,10-11H,3-4H2,1-2H3,(H,19,21)(H,23,24). The van der Waals surface area contributed by atoms with E-state index in [1.807, 2.05) is 0 Å². The molecule has 10 heteroatoms. The van der Waals surface area contributed by atoms with Crippen molar-refractivity contribution in [2.24, 2.45) is 5.92 Å². The minimum atomic E-state index is -4.66. The highest BCUT2D eigenvalue weighted by atomic mass is 32.1. The molecule has 1 aliphatic rings. The maximum atomic E-state index is 12.9. The van der Waals surface area contributed by atoms with Gasteiger partial charge in [-0.25, -0.2) is 4.79 Å². The Morgan fingerprint density at radius 3 is 2.52 bits per heavy atom. The van der Waals surface area contributed by atoms with Gasteiger partial charge in [0, 0.05) is 17.3 Å². The second-order valence-corrected chi connectivity index (χ2v) is 6.81. The molecule has 0 bridgehead atoms. The largest absolute Gasteiger partial charge is 0.480 e. The van der Waals surface area contributed by atoms with E-state index in [0.717, 1.165) is 27.0 Å². The molecule has 0 aliphatic carbocycles. The molecular formula is C15H17F3N2O4S. The Hall–Kier alpha value is -2.10. The normalized spacial score (nSPS) is 19.4. The summed E-state index contributed by atoms with van der Waals surface area (Å²) in [5, 5.41) is 13.5. The summed E-state index contributed by atoms with van der Waals surface area (Å²) in [6, 6.07) is -2.07. The van der Waals surface area contributed by atoms with Crippen LogP contribution in [0.5, 0.6) is 0 Å². The van der Waals surface area contributed by atoms with Crippen molar-refractivity contribution in [1.29, 1.82) is 0 Å². The average molecular weight is 378 g/mol. The van der Waals surface area contributed by atoms with Crippen molar-refractivity contribution < 1.29 is 32.7 Å². The Labute approximate surface area is 145 Å². The number of hydrogen-bond acceptors (Lipinski definition) is 4. The number of carboxylic acid groups (broad SMARTS) is 1. The fourth-order valence-electron chi connectivity index (χ4n) is 2.82. The number of nitrogens with one attached hydrogen (secondary N) is 1. The van der Waals surface area contributed by atoms with Crippen LogP contribution in [0, 0.1) is 5.92 Å². The third kappa shape index (κ3) is 3.94. The fourth-order valence-corrected chi connectivity index (χ4v) is 3.65. The van der Waals surface area contributed by atoms with Gasteiger partial charge in [-0.2, -0.15) is 24.5 Å². The van der Waals surface area contributed by atoms with Crippen molar-refractivity contribution in [2.75, 3.05) is 6.54 Å². The minimum Gasteiger partial charge on any atom is -0.480 e. The smallest absolute Gasteiger partial charge is 0.417 e. The lowest BCUT2D eigenvalue weighted by molar-refractivity contribution is -0.150. The molecule has 2 atom stereocenters. The summed E-state index contributed by atoms with van der Waals surface area (Å²) in [5.74, 6) is -3.10. The van der Waals surface area contributed by atoms with Crippen molar-refractivity contribution in [1.82, 2.24) is 10.2 Å². The van der Waals surface area contributed by atoms with Crippen LogP contribution in [0.4, 0.5) is 13.2 Å². The molecule has 1 aromatic rings. The van der Waals surface area contributed by atoms with Gasteiger partial charge in [0.1, 0.15) is 12.1 Å². The van der Waals surface area contributed by atoms with Gasteiger partial charge in [0.25, 0.3) is 5.91 Å². The number of alkyl halides is 3. The van der Waals surface area contributed by atoms with Crippen molar-refractivity contribution in [3.8, 4) is 0 Å². The van der Waals surface area contributed by atoms with Gasteiger partial charge in [-0.05, 0) is 12.3 Å². The van der Waals surface area contributed by atoms with E-state index >= 15 is 0 Å². The number of nitrogens with zero attached hydrogens (tertiary/aromatic N) is 1. The van der Waals surface area contributed by atoms with Crippen LogP contribution in [-0.2, 0) is 15.8 Å². The number of rotatable bonds is 5. The lowest BCUT2D eigenvalue weighted by Gasteiger charge is -2.27. The molecule has 6 nitrogen and oxygen atoms in total. The van der Waals surface area contributed by atoms with Crippen LogP contribution in [0.15, 0.2) is 10.8 Å². The maximum absolute atomic E-state index is 12.9. The van der Waals surface area contributed by atoms with Gasteiger partial charge in [0.05, 0.1) is 11.1 Å². The maximum Gasteiger partial charge on any atom is 0.417 e. The van der Waals surface area contributed by atoms with Gasteiger partial charge in [-0.1, -0.05) is 13.8 Å².